The maximum absolute atomic E-state index is 11.0. The Kier molecular flexibility index (Phi) is 2.28. The Hall–Kier alpha value is -1.31. The van der Waals surface area contributed by atoms with Gasteiger partial charge < -0.3 is 4.74 Å². The van der Waals surface area contributed by atoms with E-state index in [0.29, 0.717) is 0 Å². The van der Waals surface area contributed by atoms with Crippen molar-refractivity contribution in [3.8, 4) is 5.75 Å². The van der Waals surface area contributed by atoms with E-state index in [0.717, 1.165) is 42.4 Å². The fraction of sp³-hybridized carbons (Fsp3) is 0.417. The molecule has 0 bridgehead atoms. The molecular weight excluding hydrogens is 176 g/mol. The van der Waals surface area contributed by atoms with Gasteiger partial charge in [-0.2, -0.15) is 0 Å². The minimum atomic E-state index is 0.751. The predicted octanol–water partition coefficient (Wildman–Crippen LogP) is 2.30. The van der Waals surface area contributed by atoms with Gasteiger partial charge in [0.2, 0.25) is 0 Å². The number of carbonyl (C=O) groups is 1. The highest BCUT2D eigenvalue weighted by Gasteiger charge is 2.19. The van der Waals surface area contributed by atoms with Crippen molar-refractivity contribution >= 4 is 6.29 Å². The van der Waals surface area contributed by atoms with E-state index in [9.17, 15) is 4.79 Å². The summed E-state index contributed by atoms with van der Waals surface area (Å²) in [6.07, 6.45) is 4.19. The highest BCUT2D eigenvalue weighted by Crippen LogP contribution is 2.33. The van der Waals surface area contributed by atoms with E-state index in [1.807, 2.05) is 6.92 Å². The molecule has 2 nitrogen and oxygen atoms in total. The third kappa shape index (κ3) is 1.22. The van der Waals surface area contributed by atoms with Crippen LogP contribution in [0.4, 0.5) is 0 Å². The van der Waals surface area contributed by atoms with Crippen molar-refractivity contribution in [3.63, 3.8) is 0 Å². The normalized spacial score (nSPS) is 13.9. The molecule has 0 fully saturated rings. The van der Waals surface area contributed by atoms with Gasteiger partial charge in [0, 0.05) is 0 Å². The Morgan fingerprint density at radius 2 is 2.21 bits per heavy atom. The molecule has 14 heavy (non-hydrogen) atoms. The lowest BCUT2D eigenvalue weighted by Crippen LogP contribution is -1.99. The SMILES string of the molecule is COc1c(C)cc2c(c1C=O)CCC2. The van der Waals surface area contributed by atoms with Crippen LogP contribution in [-0.2, 0) is 12.8 Å². The second-order valence-corrected chi connectivity index (χ2v) is 3.75. The fourth-order valence-corrected chi connectivity index (χ4v) is 2.31. The van der Waals surface area contributed by atoms with Gasteiger partial charge in [0.05, 0.1) is 12.7 Å². The van der Waals surface area contributed by atoms with Gasteiger partial charge in [-0.05, 0) is 42.9 Å². The van der Waals surface area contributed by atoms with Crippen molar-refractivity contribution < 1.29 is 9.53 Å². The molecule has 1 aliphatic carbocycles. The minimum absolute atomic E-state index is 0.751. The molecule has 0 aromatic heterocycles. The zero-order valence-corrected chi connectivity index (χ0v) is 8.59. The molecule has 2 rings (SSSR count). The molecule has 0 radical (unpaired) electrons. The van der Waals surface area contributed by atoms with Gasteiger partial charge >= 0.3 is 0 Å². The Bertz CT molecular complexity index is 377. The van der Waals surface area contributed by atoms with E-state index in [1.165, 1.54) is 11.1 Å². The molecule has 0 heterocycles. The second-order valence-electron chi connectivity index (χ2n) is 3.75. The van der Waals surface area contributed by atoms with Crippen LogP contribution >= 0.6 is 0 Å². The van der Waals surface area contributed by atoms with Gasteiger partial charge in [-0.25, -0.2) is 0 Å². The van der Waals surface area contributed by atoms with E-state index in [4.69, 9.17) is 4.74 Å². The summed E-state index contributed by atoms with van der Waals surface area (Å²) in [4.78, 5) is 11.0. The van der Waals surface area contributed by atoms with Gasteiger partial charge in [0.1, 0.15) is 5.75 Å². The van der Waals surface area contributed by atoms with Gasteiger partial charge in [-0.3, -0.25) is 4.79 Å². The molecule has 2 heteroatoms. The molecule has 0 saturated heterocycles. The third-order valence-electron chi connectivity index (χ3n) is 2.90. The van der Waals surface area contributed by atoms with Crippen molar-refractivity contribution in [2.24, 2.45) is 0 Å². The summed E-state index contributed by atoms with van der Waals surface area (Å²) in [5, 5.41) is 0. The van der Waals surface area contributed by atoms with Gasteiger partial charge in [-0.15, -0.1) is 0 Å². The number of aryl methyl sites for hydroxylation is 2. The summed E-state index contributed by atoms with van der Waals surface area (Å²) in [7, 11) is 1.62. The van der Waals surface area contributed by atoms with E-state index in [-0.39, 0.29) is 0 Å². The number of aldehydes is 1. The highest BCUT2D eigenvalue weighted by molar-refractivity contribution is 5.83. The molecule has 1 aromatic carbocycles. The maximum Gasteiger partial charge on any atom is 0.154 e. The Balaban J connectivity index is 2.68. The van der Waals surface area contributed by atoms with Crippen molar-refractivity contribution in [1.29, 1.82) is 0 Å². The number of benzene rings is 1. The number of fused-ring (bicyclic) bond motifs is 1. The first kappa shape index (κ1) is 9.25. The van der Waals surface area contributed by atoms with E-state index < -0.39 is 0 Å². The summed E-state index contributed by atoms with van der Waals surface area (Å²) in [5.41, 5.74) is 4.35. The lowest BCUT2D eigenvalue weighted by atomic mass is 9.99. The lowest BCUT2D eigenvalue weighted by Gasteiger charge is -2.11. The van der Waals surface area contributed by atoms with Gasteiger partial charge in [0.25, 0.3) is 0 Å². The first-order valence-electron chi connectivity index (χ1n) is 4.92. The Morgan fingerprint density at radius 1 is 1.43 bits per heavy atom. The highest BCUT2D eigenvalue weighted by atomic mass is 16.5. The van der Waals surface area contributed by atoms with Crippen LogP contribution < -0.4 is 4.74 Å². The van der Waals surface area contributed by atoms with Crippen LogP contribution in [0.3, 0.4) is 0 Å². The first-order chi connectivity index (χ1) is 6.77. The standard InChI is InChI=1S/C12H14O2/c1-8-6-9-4-3-5-10(9)11(7-13)12(8)14-2/h6-7H,3-5H2,1-2H3. The summed E-state index contributed by atoms with van der Waals surface area (Å²) >= 11 is 0. The molecule has 0 N–H and O–H groups in total. The third-order valence-corrected chi connectivity index (χ3v) is 2.90. The average molecular weight is 190 g/mol. The van der Waals surface area contributed by atoms with Crippen molar-refractivity contribution in [3.05, 3.63) is 28.3 Å². The van der Waals surface area contributed by atoms with Crippen LogP contribution in [0, 0.1) is 6.92 Å². The number of carbonyl (C=O) groups excluding carboxylic acids is 1. The molecule has 0 atom stereocenters. The van der Waals surface area contributed by atoms with E-state index in [2.05, 4.69) is 6.07 Å². The fourth-order valence-electron chi connectivity index (χ4n) is 2.31. The van der Waals surface area contributed by atoms with Crippen LogP contribution in [0.5, 0.6) is 5.75 Å². The quantitative estimate of drug-likeness (QED) is 0.669. The molecule has 1 aromatic rings. The van der Waals surface area contributed by atoms with Crippen molar-refractivity contribution in [2.45, 2.75) is 26.2 Å². The average Bonchev–Trinajstić information content (AvgIpc) is 2.62. The largest absolute Gasteiger partial charge is 0.496 e. The lowest BCUT2D eigenvalue weighted by molar-refractivity contribution is 0.111. The minimum Gasteiger partial charge on any atom is -0.496 e. The number of methoxy groups -OCH3 is 1. The molecule has 1 aliphatic rings. The Labute approximate surface area is 83.9 Å². The zero-order chi connectivity index (χ0) is 10.1. The number of ether oxygens (including phenoxy) is 1. The molecule has 0 aliphatic heterocycles. The van der Waals surface area contributed by atoms with Crippen LogP contribution in [0.1, 0.15) is 33.5 Å². The summed E-state index contributed by atoms with van der Waals surface area (Å²) in [6, 6.07) is 2.15. The van der Waals surface area contributed by atoms with E-state index in [1.54, 1.807) is 7.11 Å². The summed E-state index contributed by atoms with van der Waals surface area (Å²) in [5.74, 6) is 0.751. The molecule has 0 saturated carbocycles. The number of hydrogen-bond acceptors (Lipinski definition) is 2. The monoisotopic (exact) mass is 190 g/mol. The second kappa shape index (κ2) is 3.45. The summed E-state index contributed by atoms with van der Waals surface area (Å²) in [6.45, 7) is 1.99. The van der Waals surface area contributed by atoms with E-state index >= 15 is 0 Å². The Morgan fingerprint density at radius 3 is 2.86 bits per heavy atom. The van der Waals surface area contributed by atoms with Crippen LogP contribution in [0.2, 0.25) is 0 Å². The molecule has 0 spiro atoms. The van der Waals surface area contributed by atoms with Crippen LogP contribution in [-0.4, -0.2) is 13.4 Å². The van der Waals surface area contributed by atoms with Crippen LogP contribution in [0.15, 0.2) is 6.07 Å². The van der Waals surface area contributed by atoms with Crippen molar-refractivity contribution in [1.82, 2.24) is 0 Å². The predicted molar refractivity (Wildman–Crippen MR) is 55.1 cm³/mol. The van der Waals surface area contributed by atoms with Crippen molar-refractivity contribution in [2.75, 3.05) is 7.11 Å². The number of hydrogen-bond donors (Lipinski definition) is 0. The summed E-state index contributed by atoms with van der Waals surface area (Å²) < 4.78 is 5.26. The maximum atomic E-state index is 11.0. The molecule has 74 valence electrons. The van der Waals surface area contributed by atoms with Gasteiger partial charge in [0.15, 0.2) is 6.29 Å². The molecule has 0 unspecified atom stereocenters. The van der Waals surface area contributed by atoms with Gasteiger partial charge in [-0.1, -0.05) is 6.07 Å². The molecular formula is C12H14O2. The molecule has 0 amide bonds. The number of rotatable bonds is 2. The topological polar surface area (TPSA) is 26.3 Å². The smallest absolute Gasteiger partial charge is 0.154 e. The van der Waals surface area contributed by atoms with Crippen LogP contribution in [0.25, 0.3) is 0 Å². The first-order valence-corrected chi connectivity index (χ1v) is 4.92. The zero-order valence-electron chi connectivity index (χ0n) is 8.59.